The molecule has 9 heteroatoms. The summed E-state index contributed by atoms with van der Waals surface area (Å²) < 4.78 is 15.7. The van der Waals surface area contributed by atoms with Crippen molar-refractivity contribution in [3.8, 4) is 5.75 Å². The molecule has 1 fully saturated rings. The first-order valence-electron chi connectivity index (χ1n) is 7.34. The number of benzene rings is 1. The van der Waals surface area contributed by atoms with Crippen molar-refractivity contribution < 1.29 is 14.3 Å². The second-order valence-electron chi connectivity index (χ2n) is 5.42. The molecule has 3 aromatic rings. The van der Waals surface area contributed by atoms with E-state index in [1.807, 2.05) is 18.2 Å². The number of aromatic nitrogens is 3. The zero-order chi connectivity index (χ0) is 16.7. The van der Waals surface area contributed by atoms with Crippen molar-refractivity contribution in [2.45, 2.75) is 13.0 Å². The Bertz CT molecular complexity index is 901. The molecule has 1 aliphatic heterocycles. The number of carbonyl (C=O) groups excluding carboxylic acids is 1. The highest BCUT2D eigenvalue weighted by molar-refractivity contribution is 7.22. The second-order valence-corrected chi connectivity index (χ2v) is 7.19. The normalized spacial score (nSPS) is 14.7. The van der Waals surface area contributed by atoms with Crippen molar-refractivity contribution in [3.05, 3.63) is 28.8 Å². The first-order chi connectivity index (χ1) is 11.7. The number of methoxy groups -OCH3 is 1. The van der Waals surface area contributed by atoms with Crippen molar-refractivity contribution in [2.75, 3.05) is 25.1 Å². The SMILES string of the molecule is COc1cccc2sc(N3CC(OC(=O)c4snnc4C)C3)nc12. The van der Waals surface area contributed by atoms with E-state index in [2.05, 4.69) is 19.5 Å². The van der Waals surface area contributed by atoms with Crippen LogP contribution in [0.4, 0.5) is 5.13 Å². The summed E-state index contributed by atoms with van der Waals surface area (Å²) in [6.45, 7) is 3.03. The monoisotopic (exact) mass is 362 g/mol. The summed E-state index contributed by atoms with van der Waals surface area (Å²) in [5, 5.41) is 4.74. The van der Waals surface area contributed by atoms with Gasteiger partial charge in [0.15, 0.2) is 10.0 Å². The van der Waals surface area contributed by atoms with Gasteiger partial charge in [0, 0.05) is 0 Å². The summed E-state index contributed by atoms with van der Waals surface area (Å²) in [5.74, 6) is 0.421. The number of para-hydroxylation sites is 1. The predicted octanol–water partition coefficient (Wildman–Crippen LogP) is 2.51. The van der Waals surface area contributed by atoms with Crippen molar-refractivity contribution in [1.82, 2.24) is 14.6 Å². The predicted molar refractivity (Wildman–Crippen MR) is 92.2 cm³/mol. The Morgan fingerprint density at radius 2 is 2.21 bits per heavy atom. The zero-order valence-electron chi connectivity index (χ0n) is 13.1. The average molecular weight is 362 g/mol. The van der Waals surface area contributed by atoms with Crippen LogP contribution in [0.15, 0.2) is 18.2 Å². The molecule has 2 aromatic heterocycles. The van der Waals surface area contributed by atoms with E-state index in [9.17, 15) is 4.79 Å². The third-order valence-corrected chi connectivity index (χ3v) is 5.71. The number of nitrogens with zero attached hydrogens (tertiary/aromatic N) is 4. The maximum Gasteiger partial charge on any atom is 0.352 e. The molecule has 0 aliphatic carbocycles. The van der Waals surface area contributed by atoms with E-state index in [1.165, 1.54) is 0 Å². The summed E-state index contributed by atoms with van der Waals surface area (Å²) in [6, 6.07) is 5.88. The minimum atomic E-state index is -0.349. The number of anilines is 1. The molecule has 4 rings (SSSR count). The van der Waals surface area contributed by atoms with Crippen LogP contribution in [0.1, 0.15) is 15.4 Å². The van der Waals surface area contributed by atoms with E-state index < -0.39 is 0 Å². The molecule has 0 atom stereocenters. The standard InChI is InChI=1S/C15H14N4O3S2/c1-8-13(24-18-17-8)14(20)22-9-6-19(7-9)15-16-12-10(21-2)4-3-5-11(12)23-15/h3-5,9H,6-7H2,1-2H3. The van der Waals surface area contributed by atoms with Gasteiger partial charge in [-0.3, -0.25) is 0 Å². The largest absolute Gasteiger partial charge is 0.494 e. The molecule has 0 radical (unpaired) electrons. The van der Waals surface area contributed by atoms with Gasteiger partial charge < -0.3 is 14.4 Å². The van der Waals surface area contributed by atoms with E-state index in [0.29, 0.717) is 23.7 Å². The van der Waals surface area contributed by atoms with Gasteiger partial charge in [-0.25, -0.2) is 9.78 Å². The molecule has 1 aliphatic rings. The molecule has 1 aromatic carbocycles. The Labute approximate surface area is 146 Å². The second kappa shape index (κ2) is 5.99. The molecule has 0 unspecified atom stereocenters. The Balaban J connectivity index is 1.42. The average Bonchev–Trinajstić information content (AvgIpc) is 3.15. The fraction of sp³-hybridized carbons (Fsp3) is 0.333. The topological polar surface area (TPSA) is 77.4 Å². The molecule has 0 amide bonds. The van der Waals surface area contributed by atoms with Crippen LogP contribution in [0, 0.1) is 6.92 Å². The Morgan fingerprint density at radius 1 is 1.38 bits per heavy atom. The molecule has 7 nitrogen and oxygen atoms in total. The van der Waals surface area contributed by atoms with Crippen LogP contribution >= 0.6 is 22.9 Å². The van der Waals surface area contributed by atoms with Gasteiger partial charge in [-0.1, -0.05) is 21.9 Å². The lowest BCUT2D eigenvalue weighted by Crippen LogP contribution is -2.53. The Kier molecular flexibility index (Phi) is 3.81. The molecule has 124 valence electrons. The number of ether oxygens (including phenoxy) is 2. The van der Waals surface area contributed by atoms with Gasteiger partial charge in [0.2, 0.25) is 0 Å². The summed E-state index contributed by atoms with van der Waals surface area (Å²) in [4.78, 5) is 19.3. The highest BCUT2D eigenvalue weighted by Crippen LogP contribution is 2.36. The molecule has 0 N–H and O–H groups in total. The van der Waals surface area contributed by atoms with Gasteiger partial charge in [0.1, 0.15) is 17.4 Å². The van der Waals surface area contributed by atoms with Crippen LogP contribution in [-0.4, -0.2) is 46.8 Å². The first kappa shape index (κ1) is 15.3. The van der Waals surface area contributed by atoms with Crippen LogP contribution in [-0.2, 0) is 4.74 Å². The third-order valence-electron chi connectivity index (χ3n) is 3.82. The zero-order valence-corrected chi connectivity index (χ0v) is 14.7. The van der Waals surface area contributed by atoms with Gasteiger partial charge in [0.05, 0.1) is 30.6 Å². The number of carbonyl (C=O) groups is 1. The maximum atomic E-state index is 12.1. The summed E-state index contributed by atoms with van der Waals surface area (Å²) >= 11 is 2.67. The smallest absolute Gasteiger partial charge is 0.352 e. The van der Waals surface area contributed by atoms with Crippen LogP contribution in [0.2, 0.25) is 0 Å². The van der Waals surface area contributed by atoms with Gasteiger partial charge in [-0.15, -0.1) is 5.10 Å². The van der Waals surface area contributed by atoms with Gasteiger partial charge >= 0.3 is 5.97 Å². The number of hydrogen-bond donors (Lipinski definition) is 0. The quantitative estimate of drug-likeness (QED) is 0.660. The van der Waals surface area contributed by atoms with Gasteiger partial charge in [-0.05, 0) is 30.6 Å². The number of rotatable bonds is 4. The van der Waals surface area contributed by atoms with Crippen LogP contribution in [0.3, 0.4) is 0 Å². The molecule has 1 saturated heterocycles. The molecular weight excluding hydrogens is 348 g/mol. The van der Waals surface area contributed by atoms with Crippen molar-refractivity contribution >= 4 is 44.2 Å². The fourth-order valence-corrected chi connectivity index (χ4v) is 4.05. The van der Waals surface area contributed by atoms with Crippen LogP contribution in [0.5, 0.6) is 5.75 Å². The molecule has 3 heterocycles. The third kappa shape index (κ3) is 2.59. The Morgan fingerprint density at radius 3 is 2.92 bits per heavy atom. The van der Waals surface area contributed by atoms with Crippen LogP contribution in [0.25, 0.3) is 10.2 Å². The molecular formula is C15H14N4O3S2. The lowest BCUT2D eigenvalue weighted by atomic mass is 10.2. The van der Waals surface area contributed by atoms with E-state index in [-0.39, 0.29) is 12.1 Å². The van der Waals surface area contributed by atoms with Crippen molar-refractivity contribution in [1.29, 1.82) is 0 Å². The highest BCUT2D eigenvalue weighted by atomic mass is 32.1. The van der Waals surface area contributed by atoms with Crippen LogP contribution < -0.4 is 9.64 Å². The number of thiazole rings is 1. The molecule has 0 spiro atoms. The lowest BCUT2D eigenvalue weighted by Gasteiger charge is -2.37. The minimum absolute atomic E-state index is 0.132. The number of fused-ring (bicyclic) bond motifs is 1. The lowest BCUT2D eigenvalue weighted by molar-refractivity contribution is 0.0239. The van der Waals surface area contributed by atoms with E-state index in [4.69, 9.17) is 9.47 Å². The van der Waals surface area contributed by atoms with E-state index >= 15 is 0 Å². The van der Waals surface area contributed by atoms with Crippen molar-refractivity contribution in [3.63, 3.8) is 0 Å². The van der Waals surface area contributed by atoms with E-state index in [1.54, 1.807) is 25.4 Å². The molecule has 24 heavy (non-hydrogen) atoms. The summed E-state index contributed by atoms with van der Waals surface area (Å²) in [5.41, 5.74) is 1.48. The van der Waals surface area contributed by atoms with Crippen molar-refractivity contribution in [2.24, 2.45) is 0 Å². The van der Waals surface area contributed by atoms with Gasteiger partial charge in [-0.2, -0.15) is 0 Å². The first-order valence-corrected chi connectivity index (χ1v) is 8.93. The summed E-state index contributed by atoms with van der Waals surface area (Å²) in [7, 11) is 1.64. The fourth-order valence-electron chi connectivity index (χ4n) is 2.50. The van der Waals surface area contributed by atoms with Gasteiger partial charge in [0.25, 0.3) is 0 Å². The Hall–Kier alpha value is -2.26. The molecule has 0 bridgehead atoms. The highest BCUT2D eigenvalue weighted by Gasteiger charge is 2.33. The number of hydrogen-bond acceptors (Lipinski definition) is 9. The number of esters is 1. The summed E-state index contributed by atoms with van der Waals surface area (Å²) in [6.07, 6.45) is -0.132. The maximum absolute atomic E-state index is 12.1. The van der Waals surface area contributed by atoms with E-state index in [0.717, 1.165) is 32.6 Å². The minimum Gasteiger partial charge on any atom is -0.494 e. The molecule has 0 saturated carbocycles. The number of aryl methyl sites for hydroxylation is 1.